The fourth-order valence-corrected chi connectivity index (χ4v) is 2.52. The first-order valence-electron chi connectivity index (χ1n) is 9.33. The van der Waals surface area contributed by atoms with Crippen molar-refractivity contribution in [1.82, 2.24) is 5.43 Å². The topological polar surface area (TPSA) is 79.8 Å². The predicted molar refractivity (Wildman–Crippen MR) is 113 cm³/mol. The smallest absolute Gasteiger partial charge is 0.249 e. The van der Waals surface area contributed by atoms with Crippen molar-refractivity contribution in [2.75, 3.05) is 5.32 Å². The highest BCUT2D eigenvalue weighted by molar-refractivity contribution is 6.03. The van der Waals surface area contributed by atoms with Crippen LogP contribution in [0.15, 0.2) is 77.9 Å². The van der Waals surface area contributed by atoms with Gasteiger partial charge in [-0.05, 0) is 59.7 Å². The number of hydrogen-bond acceptors (Lipinski definition) is 4. The lowest BCUT2D eigenvalue weighted by atomic mass is 10.2. The molecular weight excluding hydrogens is 404 g/mol. The molecule has 0 aliphatic carbocycles. The van der Waals surface area contributed by atoms with Gasteiger partial charge in [0.05, 0.1) is 11.9 Å². The molecule has 2 N–H and O–H groups in total. The largest absolute Gasteiger partial charge is 0.489 e. The minimum atomic E-state index is -0.652. The summed E-state index contributed by atoms with van der Waals surface area (Å²) in [5, 5.41) is 6.12. The van der Waals surface area contributed by atoms with E-state index in [4.69, 9.17) is 4.74 Å². The average Bonchev–Trinajstić information content (AvgIpc) is 2.76. The van der Waals surface area contributed by atoms with Gasteiger partial charge in [-0.25, -0.2) is 14.2 Å². The van der Waals surface area contributed by atoms with Gasteiger partial charge in [0.1, 0.15) is 30.4 Å². The normalized spacial score (nSPS) is 10.6. The molecule has 3 rings (SSSR count). The molecule has 2 amide bonds. The van der Waals surface area contributed by atoms with E-state index in [0.29, 0.717) is 17.9 Å². The molecule has 3 aromatic carbocycles. The summed E-state index contributed by atoms with van der Waals surface area (Å²) in [6, 6.07) is 18.6. The van der Waals surface area contributed by atoms with Crippen LogP contribution >= 0.6 is 0 Å². The molecule has 0 spiro atoms. The van der Waals surface area contributed by atoms with Crippen LogP contribution in [0.5, 0.6) is 5.75 Å². The summed E-state index contributed by atoms with van der Waals surface area (Å²) in [5.74, 6) is -1.55. The van der Waals surface area contributed by atoms with Gasteiger partial charge in [-0.3, -0.25) is 9.59 Å². The zero-order valence-electron chi connectivity index (χ0n) is 16.3. The standard InChI is InChI=1S/C23H19F2N3O3/c24-18-9-5-17(6-10-18)15-31-19-11-7-16(8-12-19)14-26-28-23(30)13-22(29)27-21-4-2-1-3-20(21)25/h1-12,14H,13,15H2,(H,27,29)(H,28,30). The van der Waals surface area contributed by atoms with Crippen molar-refractivity contribution in [3.05, 3.63) is 95.6 Å². The first kappa shape index (κ1) is 21.6. The van der Waals surface area contributed by atoms with Crippen LogP contribution in [-0.2, 0) is 16.2 Å². The van der Waals surface area contributed by atoms with Crippen molar-refractivity contribution in [3.63, 3.8) is 0 Å². The molecule has 0 atom stereocenters. The van der Waals surface area contributed by atoms with Crippen LogP contribution in [0.3, 0.4) is 0 Å². The fraction of sp³-hybridized carbons (Fsp3) is 0.0870. The first-order valence-corrected chi connectivity index (χ1v) is 9.33. The monoisotopic (exact) mass is 423 g/mol. The van der Waals surface area contributed by atoms with Gasteiger partial charge in [0, 0.05) is 0 Å². The third kappa shape index (κ3) is 7.04. The summed E-state index contributed by atoms with van der Waals surface area (Å²) < 4.78 is 32.0. The van der Waals surface area contributed by atoms with Crippen molar-refractivity contribution < 1.29 is 23.1 Å². The lowest BCUT2D eigenvalue weighted by Crippen LogP contribution is -2.24. The predicted octanol–water partition coefficient (Wildman–Crippen LogP) is 4.02. The quantitative estimate of drug-likeness (QED) is 0.326. The summed E-state index contributed by atoms with van der Waals surface area (Å²) in [6.45, 7) is 0.304. The second-order valence-corrected chi connectivity index (χ2v) is 6.48. The van der Waals surface area contributed by atoms with Gasteiger partial charge in [-0.2, -0.15) is 5.10 Å². The zero-order chi connectivity index (χ0) is 22.1. The Labute approximate surface area is 177 Å². The van der Waals surface area contributed by atoms with E-state index >= 15 is 0 Å². The maximum Gasteiger partial charge on any atom is 0.249 e. The number of carbonyl (C=O) groups excluding carboxylic acids is 2. The summed E-state index contributed by atoms with van der Waals surface area (Å²) >= 11 is 0. The average molecular weight is 423 g/mol. The van der Waals surface area contributed by atoms with Crippen LogP contribution in [0.25, 0.3) is 0 Å². The summed E-state index contributed by atoms with van der Waals surface area (Å²) in [5.41, 5.74) is 3.79. The van der Waals surface area contributed by atoms with E-state index in [1.165, 1.54) is 36.5 Å². The molecule has 0 radical (unpaired) electrons. The zero-order valence-corrected chi connectivity index (χ0v) is 16.3. The number of para-hydroxylation sites is 1. The van der Waals surface area contributed by atoms with E-state index in [0.717, 1.165) is 5.56 Å². The van der Waals surface area contributed by atoms with Gasteiger partial charge in [0.25, 0.3) is 0 Å². The number of carbonyl (C=O) groups is 2. The van der Waals surface area contributed by atoms with Gasteiger partial charge in [0.15, 0.2) is 0 Å². The van der Waals surface area contributed by atoms with E-state index in [1.54, 1.807) is 42.5 Å². The molecule has 0 fully saturated rings. The van der Waals surface area contributed by atoms with E-state index in [1.807, 2.05) is 0 Å². The Morgan fingerprint density at radius 3 is 2.32 bits per heavy atom. The van der Waals surface area contributed by atoms with Crippen LogP contribution in [0.4, 0.5) is 14.5 Å². The lowest BCUT2D eigenvalue weighted by molar-refractivity contribution is -0.126. The maximum atomic E-state index is 13.5. The third-order valence-electron chi connectivity index (χ3n) is 4.07. The van der Waals surface area contributed by atoms with Crippen LogP contribution < -0.4 is 15.5 Å². The van der Waals surface area contributed by atoms with Crippen molar-refractivity contribution in [2.24, 2.45) is 5.10 Å². The van der Waals surface area contributed by atoms with Gasteiger partial charge in [0.2, 0.25) is 11.8 Å². The van der Waals surface area contributed by atoms with Crippen molar-refractivity contribution in [3.8, 4) is 5.75 Å². The molecule has 0 bridgehead atoms. The SMILES string of the molecule is O=C(CC(=O)Nc1ccccc1F)NN=Cc1ccc(OCc2ccc(F)cc2)cc1. The summed E-state index contributed by atoms with van der Waals surface area (Å²) in [7, 11) is 0. The van der Waals surface area contributed by atoms with Gasteiger partial charge in [-0.15, -0.1) is 0 Å². The number of hydrogen-bond donors (Lipinski definition) is 2. The number of nitrogens with zero attached hydrogens (tertiary/aromatic N) is 1. The highest BCUT2D eigenvalue weighted by Gasteiger charge is 2.10. The Morgan fingerprint density at radius 1 is 0.903 bits per heavy atom. The van der Waals surface area contributed by atoms with Crippen LogP contribution in [0.1, 0.15) is 17.5 Å². The van der Waals surface area contributed by atoms with Gasteiger partial charge in [-0.1, -0.05) is 24.3 Å². The molecule has 31 heavy (non-hydrogen) atoms. The molecule has 6 nitrogen and oxygen atoms in total. The minimum absolute atomic E-state index is 0.00513. The molecule has 0 unspecified atom stereocenters. The summed E-state index contributed by atoms with van der Waals surface area (Å²) in [4.78, 5) is 23.6. The molecule has 0 saturated carbocycles. The number of ether oxygens (including phenoxy) is 1. The number of halogens is 2. The first-order chi connectivity index (χ1) is 15.0. The number of anilines is 1. The van der Waals surface area contributed by atoms with Gasteiger partial charge < -0.3 is 10.1 Å². The van der Waals surface area contributed by atoms with Crippen LogP contribution in [0.2, 0.25) is 0 Å². The van der Waals surface area contributed by atoms with E-state index in [2.05, 4.69) is 15.8 Å². The number of benzene rings is 3. The molecule has 8 heteroatoms. The van der Waals surface area contributed by atoms with E-state index in [9.17, 15) is 18.4 Å². The van der Waals surface area contributed by atoms with Gasteiger partial charge >= 0.3 is 0 Å². The molecule has 0 aliphatic heterocycles. The third-order valence-corrected chi connectivity index (χ3v) is 4.07. The highest BCUT2D eigenvalue weighted by atomic mass is 19.1. The van der Waals surface area contributed by atoms with E-state index < -0.39 is 24.1 Å². The maximum absolute atomic E-state index is 13.5. The second-order valence-electron chi connectivity index (χ2n) is 6.48. The second kappa shape index (κ2) is 10.6. The molecule has 3 aromatic rings. The number of nitrogens with one attached hydrogen (secondary N) is 2. The number of amides is 2. The number of hydrazone groups is 1. The molecular formula is C23H19F2N3O3. The lowest BCUT2D eigenvalue weighted by Gasteiger charge is -2.06. The Bertz CT molecular complexity index is 1070. The molecule has 0 aliphatic rings. The Kier molecular flexibility index (Phi) is 7.42. The van der Waals surface area contributed by atoms with Crippen LogP contribution in [-0.4, -0.2) is 18.0 Å². The van der Waals surface area contributed by atoms with Crippen molar-refractivity contribution in [2.45, 2.75) is 13.0 Å². The highest BCUT2D eigenvalue weighted by Crippen LogP contribution is 2.14. The fourth-order valence-electron chi connectivity index (χ4n) is 2.52. The Balaban J connectivity index is 1.42. The minimum Gasteiger partial charge on any atom is -0.489 e. The summed E-state index contributed by atoms with van der Waals surface area (Å²) in [6.07, 6.45) is 0.915. The molecule has 0 saturated heterocycles. The molecule has 158 valence electrons. The molecule has 0 aromatic heterocycles. The Hall–Kier alpha value is -4.07. The van der Waals surface area contributed by atoms with E-state index in [-0.39, 0.29) is 11.5 Å². The Morgan fingerprint density at radius 2 is 1.61 bits per heavy atom. The van der Waals surface area contributed by atoms with Crippen molar-refractivity contribution >= 4 is 23.7 Å². The van der Waals surface area contributed by atoms with Crippen molar-refractivity contribution in [1.29, 1.82) is 0 Å². The molecule has 0 heterocycles. The van der Waals surface area contributed by atoms with Crippen LogP contribution in [0, 0.1) is 11.6 Å². The number of rotatable bonds is 8.